The van der Waals surface area contributed by atoms with E-state index in [0.29, 0.717) is 11.8 Å². The fraction of sp³-hybridized carbons (Fsp3) is 0.786. The van der Waals surface area contributed by atoms with E-state index in [4.69, 9.17) is 11.6 Å². The second kappa shape index (κ2) is 6.51. The molecule has 0 saturated heterocycles. The predicted molar refractivity (Wildman–Crippen MR) is 78.7 cm³/mol. The van der Waals surface area contributed by atoms with Crippen LogP contribution < -0.4 is 5.32 Å². The van der Waals surface area contributed by atoms with E-state index < -0.39 is 0 Å². The Kier molecular flexibility index (Phi) is 4.97. The Hall–Kier alpha value is -0.900. The Morgan fingerprint density at radius 1 is 1.05 bits per heavy atom. The molecule has 1 heterocycles. The van der Waals surface area contributed by atoms with E-state index in [1.54, 1.807) is 0 Å². The summed E-state index contributed by atoms with van der Waals surface area (Å²) in [4.78, 5) is 4.61. The highest BCUT2D eigenvalue weighted by molar-refractivity contribution is 6.18. The molecule has 1 saturated carbocycles. The minimum Gasteiger partial charge on any atom is -0.346 e. The van der Waals surface area contributed by atoms with Crippen LogP contribution in [0.3, 0.4) is 0 Å². The molecular weight excluding hydrogens is 260 g/mol. The summed E-state index contributed by atoms with van der Waals surface area (Å²) in [5.41, 5.74) is 2.00. The molecule has 0 radical (unpaired) electrons. The highest BCUT2D eigenvalue weighted by Gasteiger charge is 2.32. The average molecular weight is 283 g/mol. The maximum atomic E-state index is 6.18. The molecule has 106 valence electrons. The van der Waals surface area contributed by atoms with Gasteiger partial charge in [0, 0.05) is 5.88 Å². The number of anilines is 1. The lowest BCUT2D eigenvalue weighted by atomic mass is 9.83. The quantitative estimate of drug-likeness (QED) is 0.842. The third kappa shape index (κ3) is 3.35. The second-order valence-corrected chi connectivity index (χ2v) is 5.60. The Bertz CT molecular complexity index is 416. The summed E-state index contributed by atoms with van der Waals surface area (Å²) in [7, 11) is 0. The van der Waals surface area contributed by atoms with E-state index in [1.807, 2.05) is 0 Å². The number of nitrogens with zero attached hydrogens (tertiary/aromatic N) is 3. The Morgan fingerprint density at radius 2 is 1.74 bits per heavy atom. The molecule has 4 nitrogen and oxygen atoms in total. The van der Waals surface area contributed by atoms with Gasteiger partial charge >= 0.3 is 0 Å². The molecule has 19 heavy (non-hydrogen) atoms. The molecule has 0 aliphatic heterocycles. The molecular formula is C14H23ClN4. The van der Waals surface area contributed by atoms with Gasteiger partial charge < -0.3 is 5.32 Å². The first-order chi connectivity index (χ1) is 9.23. The zero-order valence-electron chi connectivity index (χ0n) is 11.9. The first-order valence-electron chi connectivity index (χ1n) is 7.29. The number of hydrogen-bond donors (Lipinski definition) is 1. The van der Waals surface area contributed by atoms with Crippen LogP contribution in [0.15, 0.2) is 0 Å². The number of hydrogen-bond acceptors (Lipinski definition) is 4. The summed E-state index contributed by atoms with van der Waals surface area (Å²) in [6, 6.07) is 0. The van der Waals surface area contributed by atoms with Gasteiger partial charge in [-0.15, -0.1) is 16.7 Å². The van der Waals surface area contributed by atoms with Crippen LogP contribution in [-0.4, -0.2) is 26.6 Å². The van der Waals surface area contributed by atoms with Crippen LogP contribution >= 0.6 is 11.6 Å². The molecule has 0 amide bonds. The molecule has 1 aromatic rings. The van der Waals surface area contributed by atoms with Crippen molar-refractivity contribution in [2.45, 2.75) is 64.3 Å². The van der Waals surface area contributed by atoms with Crippen LogP contribution in [0.25, 0.3) is 0 Å². The molecule has 1 aliphatic carbocycles. The van der Waals surface area contributed by atoms with E-state index in [1.165, 1.54) is 19.3 Å². The minimum absolute atomic E-state index is 0.0414. The number of rotatable bonds is 5. The van der Waals surface area contributed by atoms with Crippen molar-refractivity contribution in [3.8, 4) is 0 Å². The molecule has 0 spiro atoms. The highest BCUT2D eigenvalue weighted by Crippen LogP contribution is 2.31. The number of halogens is 1. The molecule has 0 unspecified atom stereocenters. The average Bonchev–Trinajstić information content (AvgIpc) is 2.48. The summed E-state index contributed by atoms with van der Waals surface area (Å²) in [6.07, 6.45) is 7.70. The zero-order chi connectivity index (χ0) is 13.7. The van der Waals surface area contributed by atoms with E-state index in [2.05, 4.69) is 34.3 Å². The van der Waals surface area contributed by atoms with E-state index >= 15 is 0 Å². The maximum absolute atomic E-state index is 6.18. The predicted octanol–water partition coefficient (Wildman–Crippen LogP) is 3.35. The first kappa shape index (κ1) is 14.5. The van der Waals surface area contributed by atoms with Crippen LogP contribution in [0.4, 0.5) is 5.95 Å². The van der Waals surface area contributed by atoms with Crippen LogP contribution in [0.5, 0.6) is 0 Å². The van der Waals surface area contributed by atoms with Gasteiger partial charge in [0.1, 0.15) is 0 Å². The normalized spacial score (nSPS) is 18.3. The van der Waals surface area contributed by atoms with Crippen molar-refractivity contribution in [3.05, 3.63) is 11.4 Å². The van der Waals surface area contributed by atoms with Crippen LogP contribution in [0.2, 0.25) is 0 Å². The SMILES string of the molecule is CCc1nnc(NC2(CCl)CCCCC2)nc1CC. The monoisotopic (exact) mass is 282 g/mol. The van der Waals surface area contributed by atoms with Crippen molar-refractivity contribution >= 4 is 17.5 Å². The fourth-order valence-electron chi connectivity index (χ4n) is 2.75. The van der Waals surface area contributed by atoms with Gasteiger partial charge in [-0.25, -0.2) is 4.98 Å². The number of aromatic nitrogens is 3. The van der Waals surface area contributed by atoms with Crippen LogP contribution in [0.1, 0.15) is 57.3 Å². The standard InChI is InChI=1S/C14H23ClN4/c1-3-11-12(4-2)18-19-13(16-11)17-14(10-15)8-6-5-7-9-14/h3-10H2,1-2H3,(H,16,17,19). The highest BCUT2D eigenvalue weighted by atomic mass is 35.5. The van der Waals surface area contributed by atoms with E-state index in [9.17, 15) is 0 Å². The topological polar surface area (TPSA) is 50.7 Å². The van der Waals surface area contributed by atoms with Gasteiger partial charge in [0.05, 0.1) is 16.9 Å². The van der Waals surface area contributed by atoms with E-state index in [-0.39, 0.29) is 5.54 Å². The molecule has 1 aromatic heterocycles. The van der Waals surface area contributed by atoms with Gasteiger partial charge in [0.2, 0.25) is 5.95 Å². The first-order valence-corrected chi connectivity index (χ1v) is 7.83. The number of alkyl halides is 1. The van der Waals surface area contributed by atoms with Crippen molar-refractivity contribution in [2.75, 3.05) is 11.2 Å². The van der Waals surface area contributed by atoms with Gasteiger partial charge in [-0.2, -0.15) is 5.10 Å². The molecule has 0 bridgehead atoms. The van der Waals surface area contributed by atoms with Gasteiger partial charge in [0.15, 0.2) is 0 Å². The summed E-state index contributed by atoms with van der Waals surface area (Å²) in [5, 5.41) is 11.9. The van der Waals surface area contributed by atoms with Crippen LogP contribution in [0, 0.1) is 0 Å². The van der Waals surface area contributed by atoms with Crippen molar-refractivity contribution in [3.63, 3.8) is 0 Å². The molecule has 5 heteroatoms. The Morgan fingerprint density at radius 3 is 2.32 bits per heavy atom. The fourth-order valence-corrected chi connectivity index (χ4v) is 3.08. The van der Waals surface area contributed by atoms with Gasteiger partial charge in [-0.3, -0.25) is 0 Å². The van der Waals surface area contributed by atoms with Crippen LogP contribution in [-0.2, 0) is 12.8 Å². The van der Waals surface area contributed by atoms with E-state index in [0.717, 1.165) is 37.1 Å². The lowest BCUT2D eigenvalue weighted by Crippen LogP contribution is -2.42. The van der Waals surface area contributed by atoms with Crippen molar-refractivity contribution in [2.24, 2.45) is 0 Å². The summed E-state index contributed by atoms with van der Waals surface area (Å²) in [5.74, 6) is 1.24. The summed E-state index contributed by atoms with van der Waals surface area (Å²) >= 11 is 6.18. The Balaban J connectivity index is 2.17. The molecule has 0 atom stereocenters. The van der Waals surface area contributed by atoms with Gasteiger partial charge in [0.25, 0.3) is 0 Å². The van der Waals surface area contributed by atoms with Gasteiger partial charge in [-0.05, 0) is 25.7 Å². The van der Waals surface area contributed by atoms with Crippen molar-refractivity contribution in [1.82, 2.24) is 15.2 Å². The lowest BCUT2D eigenvalue weighted by Gasteiger charge is -2.36. The minimum atomic E-state index is -0.0414. The Labute approximate surface area is 120 Å². The largest absolute Gasteiger partial charge is 0.346 e. The maximum Gasteiger partial charge on any atom is 0.243 e. The molecule has 0 aromatic carbocycles. The molecule has 1 aliphatic rings. The summed E-state index contributed by atoms with van der Waals surface area (Å²) < 4.78 is 0. The van der Waals surface area contributed by atoms with Crippen molar-refractivity contribution in [1.29, 1.82) is 0 Å². The third-order valence-corrected chi connectivity index (χ3v) is 4.46. The second-order valence-electron chi connectivity index (χ2n) is 5.34. The number of aryl methyl sites for hydroxylation is 2. The third-order valence-electron chi connectivity index (χ3n) is 3.95. The molecule has 1 fully saturated rings. The lowest BCUT2D eigenvalue weighted by molar-refractivity contribution is 0.351. The van der Waals surface area contributed by atoms with Crippen molar-refractivity contribution < 1.29 is 0 Å². The number of nitrogens with one attached hydrogen (secondary N) is 1. The zero-order valence-corrected chi connectivity index (χ0v) is 12.6. The molecule has 1 N–H and O–H groups in total. The van der Waals surface area contributed by atoms with Gasteiger partial charge in [-0.1, -0.05) is 33.1 Å². The smallest absolute Gasteiger partial charge is 0.243 e. The summed E-state index contributed by atoms with van der Waals surface area (Å²) in [6.45, 7) is 4.18. The molecule has 2 rings (SSSR count).